The van der Waals surface area contributed by atoms with Crippen molar-refractivity contribution in [2.24, 2.45) is 0 Å². The Morgan fingerprint density at radius 2 is 2.06 bits per heavy atom. The summed E-state index contributed by atoms with van der Waals surface area (Å²) in [6, 6.07) is 4.09. The molecule has 0 aliphatic carbocycles. The normalized spacial score (nSPS) is 11.3. The highest BCUT2D eigenvalue weighted by molar-refractivity contribution is 6.33. The molecule has 1 heterocycles. The minimum Gasteiger partial charge on any atom is -0.460 e. The van der Waals surface area contributed by atoms with Gasteiger partial charge in [0.15, 0.2) is 0 Å². The van der Waals surface area contributed by atoms with E-state index in [1.54, 1.807) is 0 Å². The van der Waals surface area contributed by atoms with Gasteiger partial charge >= 0.3 is 0 Å². The molecule has 17 heavy (non-hydrogen) atoms. The molecule has 0 bridgehead atoms. The quantitative estimate of drug-likeness (QED) is 0.824. The average molecular weight is 252 g/mol. The van der Waals surface area contributed by atoms with Crippen LogP contribution in [-0.4, -0.2) is 6.54 Å². The molecule has 92 valence electrons. The summed E-state index contributed by atoms with van der Waals surface area (Å²) in [5.74, 6) is 0.971. The van der Waals surface area contributed by atoms with Crippen molar-refractivity contribution in [3.8, 4) is 0 Å². The van der Waals surface area contributed by atoms with E-state index in [2.05, 4.69) is 18.3 Å². The van der Waals surface area contributed by atoms with Crippen molar-refractivity contribution in [1.82, 2.24) is 5.32 Å². The van der Waals surface area contributed by atoms with Crippen LogP contribution in [0.15, 0.2) is 16.5 Å². The van der Waals surface area contributed by atoms with E-state index in [-0.39, 0.29) is 0 Å². The van der Waals surface area contributed by atoms with Gasteiger partial charge in [-0.15, -0.1) is 0 Å². The van der Waals surface area contributed by atoms with Crippen molar-refractivity contribution in [3.05, 3.63) is 34.0 Å². The van der Waals surface area contributed by atoms with Gasteiger partial charge < -0.3 is 9.73 Å². The van der Waals surface area contributed by atoms with Crippen LogP contribution in [0, 0.1) is 13.8 Å². The van der Waals surface area contributed by atoms with Crippen LogP contribution >= 0.6 is 11.6 Å². The van der Waals surface area contributed by atoms with Crippen LogP contribution in [0.1, 0.15) is 30.2 Å². The van der Waals surface area contributed by atoms with Gasteiger partial charge in [-0.2, -0.15) is 0 Å². The molecule has 2 aromatic rings. The van der Waals surface area contributed by atoms with Crippen molar-refractivity contribution in [2.45, 2.75) is 33.7 Å². The van der Waals surface area contributed by atoms with E-state index in [1.165, 1.54) is 0 Å². The number of rotatable bonds is 4. The summed E-state index contributed by atoms with van der Waals surface area (Å²) in [7, 11) is 0. The van der Waals surface area contributed by atoms with Crippen LogP contribution in [0.5, 0.6) is 0 Å². The summed E-state index contributed by atoms with van der Waals surface area (Å²) in [5, 5.41) is 5.29. The fraction of sp³-hybridized carbons (Fsp3) is 0.429. The maximum Gasteiger partial charge on any atom is 0.134 e. The minimum atomic E-state index is 0.776. The second-order valence-electron chi connectivity index (χ2n) is 4.43. The molecular weight excluding hydrogens is 234 g/mol. The lowest BCUT2D eigenvalue weighted by Gasteiger charge is -2.02. The van der Waals surface area contributed by atoms with E-state index in [0.717, 1.165) is 52.4 Å². The molecule has 0 aliphatic heterocycles. The Morgan fingerprint density at radius 1 is 1.29 bits per heavy atom. The molecule has 0 radical (unpaired) electrons. The molecule has 0 amide bonds. The van der Waals surface area contributed by atoms with Crippen molar-refractivity contribution >= 4 is 22.6 Å². The first kappa shape index (κ1) is 12.5. The number of hydrogen-bond donors (Lipinski definition) is 1. The molecule has 0 aliphatic rings. The lowest BCUT2D eigenvalue weighted by Crippen LogP contribution is -2.12. The first-order valence-electron chi connectivity index (χ1n) is 6.02. The molecule has 0 unspecified atom stereocenters. The van der Waals surface area contributed by atoms with Gasteiger partial charge in [0.1, 0.15) is 11.3 Å². The number of hydrogen-bond acceptors (Lipinski definition) is 2. The maximum absolute atomic E-state index is 6.24. The number of furan rings is 1. The monoisotopic (exact) mass is 251 g/mol. The number of fused-ring (bicyclic) bond motifs is 1. The largest absolute Gasteiger partial charge is 0.460 e. The van der Waals surface area contributed by atoms with Crippen molar-refractivity contribution in [3.63, 3.8) is 0 Å². The van der Waals surface area contributed by atoms with E-state index in [9.17, 15) is 0 Å². The summed E-state index contributed by atoms with van der Waals surface area (Å²) < 4.78 is 5.81. The zero-order valence-electron chi connectivity index (χ0n) is 10.6. The molecule has 3 heteroatoms. The minimum absolute atomic E-state index is 0.776. The van der Waals surface area contributed by atoms with E-state index in [0.29, 0.717) is 0 Å². The fourth-order valence-electron chi connectivity index (χ4n) is 2.01. The van der Waals surface area contributed by atoms with E-state index < -0.39 is 0 Å². The second-order valence-corrected chi connectivity index (χ2v) is 4.81. The van der Waals surface area contributed by atoms with Crippen LogP contribution in [-0.2, 0) is 6.54 Å². The molecule has 0 saturated heterocycles. The molecule has 1 aromatic heterocycles. The van der Waals surface area contributed by atoms with E-state index >= 15 is 0 Å². The van der Waals surface area contributed by atoms with Crippen molar-refractivity contribution in [2.75, 3.05) is 6.54 Å². The van der Waals surface area contributed by atoms with Crippen LogP contribution < -0.4 is 5.32 Å². The number of aryl methyl sites for hydroxylation is 2. The Labute approximate surface area is 107 Å². The SMILES string of the molecule is CCCNCc1cc2c(C)c(Cl)c(C)cc2o1. The van der Waals surface area contributed by atoms with E-state index in [4.69, 9.17) is 16.0 Å². The highest BCUT2D eigenvalue weighted by Gasteiger charge is 2.10. The predicted molar refractivity (Wildman–Crippen MR) is 72.7 cm³/mol. The zero-order chi connectivity index (χ0) is 12.4. The third kappa shape index (κ3) is 2.48. The molecule has 1 N–H and O–H groups in total. The van der Waals surface area contributed by atoms with Gasteiger partial charge in [0.25, 0.3) is 0 Å². The first-order chi connectivity index (χ1) is 8.13. The second kappa shape index (κ2) is 5.11. The van der Waals surface area contributed by atoms with Gasteiger partial charge in [0.2, 0.25) is 0 Å². The van der Waals surface area contributed by atoms with Crippen molar-refractivity contribution in [1.29, 1.82) is 0 Å². The molecule has 0 saturated carbocycles. The van der Waals surface area contributed by atoms with Crippen LogP contribution in [0.3, 0.4) is 0 Å². The first-order valence-corrected chi connectivity index (χ1v) is 6.40. The van der Waals surface area contributed by atoms with Crippen LogP contribution in [0.2, 0.25) is 5.02 Å². The number of nitrogens with one attached hydrogen (secondary N) is 1. The highest BCUT2D eigenvalue weighted by atomic mass is 35.5. The fourth-order valence-corrected chi connectivity index (χ4v) is 2.16. The summed E-state index contributed by atoms with van der Waals surface area (Å²) in [5.41, 5.74) is 3.10. The molecule has 1 aromatic carbocycles. The van der Waals surface area contributed by atoms with Gasteiger partial charge in [0, 0.05) is 10.4 Å². The number of benzene rings is 1. The lowest BCUT2D eigenvalue weighted by atomic mass is 10.1. The molecule has 2 nitrogen and oxygen atoms in total. The Kier molecular flexibility index (Phi) is 3.75. The Bertz CT molecular complexity index is 530. The highest BCUT2D eigenvalue weighted by Crippen LogP contribution is 2.31. The van der Waals surface area contributed by atoms with Crippen molar-refractivity contribution < 1.29 is 4.42 Å². The average Bonchev–Trinajstić information content (AvgIpc) is 2.70. The zero-order valence-corrected chi connectivity index (χ0v) is 11.3. The lowest BCUT2D eigenvalue weighted by molar-refractivity contribution is 0.513. The topological polar surface area (TPSA) is 25.2 Å². The van der Waals surface area contributed by atoms with Gasteiger partial charge in [-0.05, 0) is 50.1 Å². The summed E-state index contributed by atoms with van der Waals surface area (Å²) >= 11 is 6.24. The van der Waals surface area contributed by atoms with Gasteiger partial charge in [-0.1, -0.05) is 18.5 Å². The Balaban J connectivity index is 2.34. The third-order valence-electron chi connectivity index (χ3n) is 2.96. The summed E-state index contributed by atoms with van der Waals surface area (Å²) in [6.45, 7) is 7.98. The van der Waals surface area contributed by atoms with E-state index in [1.807, 2.05) is 19.9 Å². The van der Waals surface area contributed by atoms with Crippen LogP contribution in [0.25, 0.3) is 11.0 Å². The molecule has 0 fully saturated rings. The predicted octanol–water partition coefficient (Wildman–Crippen LogP) is 4.20. The van der Waals surface area contributed by atoms with Crippen LogP contribution in [0.4, 0.5) is 0 Å². The number of halogens is 1. The van der Waals surface area contributed by atoms with Gasteiger partial charge in [0.05, 0.1) is 6.54 Å². The summed E-state index contributed by atoms with van der Waals surface area (Å²) in [4.78, 5) is 0. The third-order valence-corrected chi connectivity index (χ3v) is 3.55. The smallest absolute Gasteiger partial charge is 0.134 e. The molecule has 0 spiro atoms. The van der Waals surface area contributed by atoms with Gasteiger partial charge in [-0.3, -0.25) is 0 Å². The molecule has 2 rings (SSSR count). The summed E-state index contributed by atoms with van der Waals surface area (Å²) in [6.07, 6.45) is 1.13. The van der Waals surface area contributed by atoms with Gasteiger partial charge in [-0.25, -0.2) is 0 Å². The molecular formula is C14H18ClNO. The Hall–Kier alpha value is -0.990. The molecule has 0 atom stereocenters. The Morgan fingerprint density at radius 3 is 2.76 bits per heavy atom. The maximum atomic E-state index is 6.24. The standard InChI is InChI=1S/C14H18ClNO/c1-4-5-16-8-11-7-12-10(3)14(15)9(2)6-13(12)17-11/h6-7,16H,4-5,8H2,1-3H3.